The van der Waals surface area contributed by atoms with Crippen LogP contribution in [-0.4, -0.2) is 209 Å². The first kappa shape index (κ1) is 83.9. The number of H-pyrrole nitrogens is 2. The Hall–Kier alpha value is -11.0. The highest BCUT2D eigenvalue weighted by Gasteiger charge is 2.40. The van der Waals surface area contributed by atoms with Crippen molar-refractivity contribution < 1.29 is 82.1 Å². The first-order chi connectivity index (χ1) is 50.6. The number of nitrogens with two attached hydrogens (primary N) is 4. The SMILES string of the molecule is CCC(C)CCC(=O)N[C@H](CC(N)=O)C(=O)N[C@H](Cc1ccc(O)cc1)C(=O)N[C@H](Cc1c[nH]c2ccccc12)C(=O)N[C@H](CCN)C(=O)N[C@@H](CCN)C(=O)NCC(=O)N[C@H](CCN)C(=O)N[C@@H](Cc1c[nH]c2ccccc12)C(=O)N[C@@H]1C(=O)N[C@@H]([C@@H](C)CC)C(=O)NCC(=O)N[C@@H](CO)C(=O)O[C@@H]1C. The van der Waals surface area contributed by atoms with Crippen LogP contribution in [0.3, 0.4) is 0 Å². The fourth-order valence-electron chi connectivity index (χ4n) is 11.6. The van der Waals surface area contributed by atoms with Crippen LogP contribution < -0.4 is 86.7 Å². The molecule has 13 atom stereocenters. The average molecular weight is 1480 g/mol. The number of primary amides is 1. The minimum atomic E-state index is -1.79. The number of cyclic esters (lactones) is 1. The number of aliphatic hydroxyl groups excluding tert-OH is 1. The zero-order valence-electron chi connectivity index (χ0n) is 59.9. The van der Waals surface area contributed by atoms with Gasteiger partial charge in [0.2, 0.25) is 76.8 Å². The number of rotatable bonds is 38. The molecule has 1 saturated heterocycles. The molecule has 1 fully saturated rings. The summed E-state index contributed by atoms with van der Waals surface area (Å²) in [5.41, 5.74) is 26.2. The van der Waals surface area contributed by atoms with Crippen LogP contribution in [0.1, 0.15) is 103 Å². The summed E-state index contributed by atoms with van der Waals surface area (Å²) < 4.78 is 5.54. The van der Waals surface area contributed by atoms with E-state index in [1.54, 1.807) is 74.8 Å². The molecular formula is C71H100N18O17. The molecule has 2 aromatic heterocycles. The molecule has 0 radical (unpaired) electrons. The molecule has 106 heavy (non-hydrogen) atoms. The number of hydrogen-bond donors (Lipinski definition) is 20. The lowest BCUT2D eigenvalue weighted by atomic mass is 9.97. The Labute approximate surface area is 611 Å². The van der Waals surface area contributed by atoms with Crippen molar-refractivity contribution in [1.29, 1.82) is 0 Å². The van der Waals surface area contributed by atoms with Gasteiger partial charge in [-0.3, -0.25) is 62.3 Å². The summed E-state index contributed by atoms with van der Waals surface area (Å²) in [5.74, 6) is -13.4. The van der Waals surface area contributed by atoms with Gasteiger partial charge in [0.15, 0.2) is 6.04 Å². The summed E-state index contributed by atoms with van der Waals surface area (Å²) in [4.78, 5) is 201. The number of fused-ring (bicyclic) bond motifs is 2. The van der Waals surface area contributed by atoms with Gasteiger partial charge in [-0.2, -0.15) is 0 Å². The number of para-hydroxylation sites is 2. The van der Waals surface area contributed by atoms with Gasteiger partial charge in [0, 0.05) is 59.9 Å². The van der Waals surface area contributed by atoms with Gasteiger partial charge in [0.25, 0.3) is 0 Å². The third kappa shape index (κ3) is 25.1. The van der Waals surface area contributed by atoms with E-state index in [0.29, 0.717) is 51.3 Å². The molecule has 0 bridgehead atoms. The standard InChI is InChI=1S/C71H100N18O17/c1-6-37(3)16-21-57(93)81-54(31-56(75)92)67(101)85-51(28-40-17-19-43(91)20-18-40)65(99)87-52(29-41-32-76-46-14-10-8-12-44(41)46)66(100)84-50(24-27-74)64(98)83-48(22-25-72)62(96)78-34-58(94)80-49(23-26-73)63(97)86-53(30-42-33-77-47-15-11-9-13-45(42)47)68(102)89-61-39(5)106-71(105)55(36-90)82-59(95)35-79-69(103)60(38(4)7-2)88-70(61)104/h8-15,17-20,32-33,37-39,48-55,60-61,76-77,90-91H,6-7,16,21-31,34-36,72-74H2,1-5H3,(H2,75,92)(H,78,96)(H,79,103)(H,80,94)(H,81,93)(H,82,95)(H,83,98)(H,84,100)(H,85,101)(H,86,97)(H,87,99)(H,88,104)(H,89,102)/t37?,38-,39+,48-,49+,50+,51+,52+,53-,54+,55-,60-,61-/m0/s1. The van der Waals surface area contributed by atoms with Crippen molar-refractivity contribution in [3.63, 3.8) is 0 Å². The second kappa shape index (κ2) is 41.5. The molecule has 1 unspecified atom stereocenters. The molecular weight excluding hydrogens is 1380 g/mol. The van der Waals surface area contributed by atoms with Crippen molar-refractivity contribution in [2.75, 3.05) is 39.3 Å². The number of amides is 13. The van der Waals surface area contributed by atoms with E-state index < -0.39 is 181 Å². The Morgan fingerprint density at radius 2 is 1.05 bits per heavy atom. The second-order valence-electron chi connectivity index (χ2n) is 26.2. The summed E-state index contributed by atoms with van der Waals surface area (Å²) in [5, 5.41) is 51.9. The van der Waals surface area contributed by atoms with Crippen LogP contribution in [0.5, 0.6) is 5.75 Å². The Balaban J connectivity index is 1.19. The highest BCUT2D eigenvalue weighted by Crippen LogP contribution is 2.23. The predicted octanol–water partition coefficient (Wildman–Crippen LogP) is -3.81. The number of carbonyl (C=O) groups is 14. The third-order valence-electron chi connectivity index (χ3n) is 18.2. The number of benzene rings is 3. The monoisotopic (exact) mass is 1480 g/mol. The molecule has 1 aliphatic heterocycles. The first-order valence-electron chi connectivity index (χ1n) is 35.2. The summed E-state index contributed by atoms with van der Waals surface area (Å²) in [6.07, 6.45) is 1.24. The number of aromatic hydroxyl groups is 1. The van der Waals surface area contributed by atoms with Gasteiger partial charge < -0.3 is 112 Å². The van der Waals surface area contributed by atoms with Crippen LogP contribution in [0, 0.1) is 11.8 Å². The van der Waals surface area contributed by atoms with Crippen molar-refractivity contribution in [1.82, 2.24) is 73.8 Å². The topological polar surface area (TPSA) is 569 Å². The number of phenolic OH excluding ortho intramolecular Hbond substituents is 1. The average Bonchev–Trinajstić information content (AvgIpc) is 1.61. The van der Waals surface area contributed by atoms with E-state index in [4.69, 9.17) is 27.7 Å². The lowest BCUT2D eigenvalue weighted by Crippen LogP contribution is -2.62. The molecule has 24 N–H and O–H groups in total. The van der Waals surface area contributed by atoms with E-state index in [1.165, 1.54) is 31.2 Å². The Morgan fingerprint density at radius 1 is 0.566 bits per heavy atom. The Kier molecular flexibility index (Phi) is 32.8. The summed E-state index contributed by atoms with van der Waals surface area (Å²) in [7, 11) is 0. The summed E-state index contributed by atoms with van der Waals surface area (Å²) >= 11 is 0. The molecule has 0 aliphatic carbocycles. The second-order valence-corrected chi connectivity index (χ2v) is 26.2. The molecule has 5 aromatic rings. The Bertz CT molecular complexity index is 3900. The molecule has 576 valence electrons. The lowest BCUT2D eigenvalue weighted by molar-refractivity contribution is -0.157. The number of aromatic amines is 2. The van der Waals surface area contributed by atoms with Gasteiger partial charge in [-0.25, -0.2) is 4.79 Å². The minimum absolute atomic E-state index is 0.0255. The van der Waals surface area contributed by atoms with Crippen LogP contribution in [0.25, 0.3) is 21.8 Å². The quantitative estimate of drug-likeness (QED) is 0.0169. The van der Waals surface area contributed by atoms with E-state index in [9.17, 15) is 77.3 Å². The van der Waals surface area contributed by atoms with E-state index in [0.717, 1.165) is 6.42 Å². The van der Waals surface area contributed by atoms with Crippen molar-refractivity contribution >= 4 is 105 Å². The summed E-state index contributed by atoms with van der Waals surface area (Å²) in [6, 6.07) is 4.42. The first-order valence-corrected chi connectivity index (χ1v) is 35.2. The molecule has 6 rings (SSSR count). The number of esters is 1. The highest BCUT2D eigenvalue weighted by molar-refractivity contribution is 6.01. The largest absolute Gasteiger partial charge is 0.508 e. The zero-order valence-corrected chi connectivity index (χ0v) is 59.9. The molecule has 0 spiro atoms. The molecule has 3 heterocycles. The maximum absolute atomic E-state index is 14.8. The van der Waals surface area contributed by atoms with Crippen molar-refractivity contribution in [3.8, 4) is 5.75 Å². The Morgan fingerprint density at radius 3 is 1.57 bits per heavy atom. The zero-order chi connectivity index (χ0) is 77.7. The molecule has 35 nitrogen and oxygen atoms in total. The normalized spacial score (nSPS) is 18.2. The number of aliphatic hydroxyl groups is 1. The van der Waals surface area contributed by atoms with Crippen LogP contribution in [0.4, 0.5) is 0 Å². The maximum Gasteiger partial charge on any atom is 0.331 e. The lowest BCUT2D eigenvalue weighted by Gasteiger charge is -2.30. The van der Waals surface area contributed by atoms with E-state index in [-0.39, 0.29) is 76.2 Å². The third-order valence-corrected chi connectivity index (χ3v) is 18.2. The minimum Gasteiger partial charge on any atom is -0.508 e. The van der Waals surface area contributed by atoms with Crippen LogP contribution in [0.2, 0.25) is 0 Å². The molecule has 35 heteroatoms. The van der Waals surface area contributed by atoms with Crippen LogP contribution in [0.15, 0.2) is 85.2 Å². The number of hydrogen-bond acceptors (Lipinski definition) is 20. The molecule has 3 aromatic carbocycles. The predicted molar refractivity (Wildman–Crippen MR) is 387 cm³/mol. The fourth-order valence-corrected chi connectivity index (χ4v) is 11.6. The van der Waals surface area contributed by atoms with E-state index >= 15 is 0 Å². The fraction of sp³-hybridized carbons (Fsp3) is 0.493. The highest BCUT2D eigenvalue weighted by atomic mass is 16.5. The number of ether oxygens (including phenoxy) is 1. The van der Waals surface area contributed by atoms with Gasteiger partial charge >= 0.3 is 5.97 Å². The number of carbonyl (C=O) groups excluding carboxylic acids is 14. The van der Waals surface area contributed by atoms with Crippen LogP contribution >= 0.6 is 0 Å². The van der Waals surface area contributed by atoms with Crippen LogP contribution in [-0.2, 0) is 91.1 Å². The summed E-state index contributed by atoms with van der Waals surface area (Å²) in [6.45, 7) is 5.54. The van der Waals surface area contributed by atoms with Gasteiger partial charge in [0.05, 0.1) is 26.1 Å². The van der Waals surface area contributed by atoms with Crippen molar-refractivity contribution in [3.05, 3.63) is 102 Å². The smallest absolute Gasteiger partial charge is 0.331 e. The molecule has 1 aliphatic rings. The van der Waals surface area contributed by atoms with Gasteiger partial charge in [0.1, 0.15) is 66.2 Å². The van der Waals surface area contributed by atoms with E-state index in [1.807, 2.05) is 13.8 Å². The van der Waals surface area contributed by atoms with Gasteiger partial charge in [-0.1, -0.05) is 89.1 Å². The molecule has 13 amide bonds. The number of phenols is 1. The van der Waals surface area contributed by atoms with Crippen molar-refractivity contribution in [2.24, 2.45) is 34.8 Å². The maximum atomic E-state index is 14.8. The number of aromatic nitrogens is 2. The molecule has 0 saturated carbocycles. The van der Waals surface area contributed by atoms with Crippen molar-refractivity contribution in [2.45, 2.75) is 172 Å². The van der Waals surface area contributed by atoms with Gasteiger partial charge in [-0.15, -0.1) is 0 Å². The number of nitrogens with one attached hydrogen (secondary N) is 14. The van der Waals surface area contributed by atoms with Gasteiger partial charge in [-0.05, 0) is 105 Å². The van der Waals surface area contributed by atoms with E-state index in [2.05, 4.69) is 73.8 Å².